The molecule has 0 heterocycles. The van der Waals surface area contributed by atoms with Crippen LogP contribution in [0.1, 0.15) is 38.7 Å². The summed E-state index contributed by atoms with van der Waals surface area (Å²) in [5.41, 5.74) is 2.43. The van der Waals surface area contributed by atoms with E-state index in [1.54, 1.807) is 7.11 Å². The zero-order valence-electron chi connectivity index (χ0n) is 12.1. The number of anilines is 1. The van der Waals surface area contributed by atoms with Gasteiger partial charge in [0.1, 0.15) is 0 Å². The summed E-state index contributed by atoms with van der Waals surface area (Å²) in [5.74, 6) is 1.47. The molecule has 2 atom stereocenters. The van der Waals surface area contributed by atoms with Gasteiger partial charge in [-0.3, -0.25) is 0 Å². The van der Waals surface area contributed by atoms with E-state index in [2.05, 4.69) is 53.3 Å². The van der Waals surface area contributed by atoms with Crippen LogP contribution in [0.5, 0.6) is 0 Å². The van der Waals surface area contributed by atoms with Crippen molar-refractivity contribution in [2.24, 2.45) is 11.8 Å². The Balaban J connectivity index is 2.19. The molecule has 1 fully saturated rings. The maximum Gasteiger partial charge on any atom is 0.0744 e. The predicted octanol–water partition coefficient (Wildman–Crippen LogP) is 4.83. The highest BCUT2D eigenvalue weighted by Crippen LogP contribution is 2.33. The first-order valence-corrected chi connectivity index (χ1v) is 7.95. The fourth-order valence-electron chi connectivity index (χ4n) is 3.13. The van der Waals surface area contributed by atoms with Gasteiger partial charge in [0.05, 0.1) is 6.61 Å². The van der Waals surface area contributed by atoms with Gasteiger partial charge < -0.3 is 10.1 Å². The molecule has 1 saturated carbocycles. The van der Waals surface area contributed by atoms with Gasteiger partial charge in [0.15, 0.2) is 0 Å². The molecule has 0 amide bonds. The molecule has 1 aliphatic rings. The first-order valence-electron chi connectivity index (χ1n) is 7.16. The number of halogens is 1. The Labute approximate surface area is 125 Å². The molecular weight excluding hydrogens is 302 g/mol. The fraction of sp³-hybridized carbons (Fsp3) is 0.625. The topological polar surface area (TPSA) is 21.3 Å². The van der Waals surface area contributed by atoms with Crippen molar-refractivity contribution in [2.45, 2.75) is 45.8 Å². The Morgan fingerprint density at radius 2 is 1.95 bits per heavy atom. The molecule has 0 saturated heterocycles. The van der Waals surface area contributed by atoms with Crippen LogP contribution in [-0.4, -0.2) is 13.2 Å². The van der Waals surface area contributed by atoms with Gasteiger partial charge >= 0.3 is 0 Å². The number of ether oxygens (including phenoxy) is 1. The van der Waals surface area contributed by atoms with Crippen LogP contribution in [0.15, 0.2) is 22.7 Å². The number of methoxy groups -OCH3 is 1. The molecule has 0 bridgehead atoms. The molecule has 3 heteroatoms. The van der Waals surface area contributed by atoms with Crippen molar-refractivity contribution < 1.29 is 4.74 Å². The summed E-state index contributed by atoms with van der Waals surface area (Å²) < 4.78 is 6.44. The van der Waals surface area contributed by atoms with E-state index < -0.39 is 0 Å². The molecular formula is C16H24BrNO. The number of rotatable bonds is 4. The highest BCUT2D eigenvalue weighted by molar-refractivity contribution is 9.10. The number of benzene rings is 1. The molecule has 0 spiro atoms. The molecule has 1 aromatic carbocycles. The van der Waals surface area contributed by atoms with Crippen molar-refractivity contribution in [3.8, 4) is 0 Å². The maximum atomic E-state index is 5.32. The van der Waals surface area contributed by atoms with Crippen LogP contribution in [0, 0.1) is 11.8 Å². The molecule has 2 unspecified atom stereocenters. The van der Waals surface area contributed by atoms with Crippen molar-refractivity contribution in [3.05, 3.63) is 28.2 Å². The van der Waals surface area contributed by atoms with E-state index in [0.717, 1.165) is 16.3 Å². The molecule has 1 N–H and O–H groups in total. The Hall–Kier alpha value is -0.540. The standard InChI is InChI=1S/C16H24BrNO/c1-11-6-4-7-12(2)16(11)18-15-9-5-8-14(17)13(15)10-19-3/h5,8-9,11-12,16,18H,4,6-7,10H2,1-3H3. The normalized spacial score (nSPS) is 27.3. The first-order chi connectivity index (χ1) is 9.13. The van der Waals surface area contributed by atoms with Gasteiger partial charge in [0.25, 0.3) is 0 Å². The largest absolute Gasteiger partial charge is 0.381 e. The average Bonchev–Trinajstić information content (AvgIpc) is 2.38. The summed E-state index contributed by atoms with van der Waals surface area (Å²) in [7, 11) is 1.75. The second-order valence-electron chi connectivity index (χ2n) is 5.75. The third-order valence-corrected chi connectivity index (χ3v) is 5.02. The Morgan fingerprint density at radius 1 is 1.26 bits per heavy atom. The molecule has 2 rings (SSSR count). The number of hydrogen-bond acceptors (Lipinski definition) is 2. The van der Waals surface area contributed by atoms with Gasteiger partial charge in [-0.2, -0.15) is 0 Å². The summed E-state index contributed by atoms with van der Waals surface area (Å²) in [6.07, 6.45) is 4.02. The van der Waals surface area contributed by atoms with Crippen molar-refractivity contribution in [1.82, 2.24) is 0 Å². The van der Waals surface area contributed by atoms with Crippen LogP contribution < -0.4 is 5.32 Å². The van der Waals surface area contributed by atoms with E-state index >= 15 is 0 Å². The Morgan fingerprint density at radius 3 is 2.58 bits per heavy atom. The smallest absolute Gasteiger partial charge is 0.0744 e. The minimum absolute atomic E-state index is 0.568. The van der Waals surface area contributed by atoms with Crippen LogP contribution in [0.3, 0.4) is 0 Å². The molecule has 2 nitrogen and oxygen atoms in total. The Bertz CT molecular complexity index is 411. The lowest BCUT2D eigenvalue weighted by molar-refractivity contribution is 0.184. The monoisotopic (exact) mass is 325 g/mol. The van der Waals surface area contributed by atoms with Crippen molar-refractivity contribution in [2.75, 3.05) is 12.4 Å². The average molecular weight is 326 g/mol. The lowest BCUT2D eigenvalue weighted by atomic mass is 9.78. The Kier molecular flexibility index (Phi) is 5.28. The molecule has 0 radical (unpaired) electrons. The predicted molar refractivity (Wildman–Crippen MR) is 84.4 cm³/mol. The third-order valence-electron chi connectivity index (χ3n) is 4.27. The minimum atomic E-state index is 0.568. The summed E-state index contributed by atoms with van der Waals surface area (Å²) in [6, 6.07) is 6.89. The minimum Gasteiger partial charge on any atom is -0.381 e. The van der Waals surface area contributed by atoms with Crippen molar-refractivity contribution in [1.29, 1.82) is 0 Å². The van der Waals surface area contributed by atoms with Crippen molar-refractivity contribution >= 4 is 21.6 Å². The van der Waals surface area contributed by atoms with Gasteiger partial charge in [-0.05, 0) is 36.8 Å². The second-order valence-corrected chi connectivity index (χ2v) is 6.61. The van der Waals surface area contributed by atoms with Crippen molar-refractivity contribution in [3.63, 3.8) is 0 Å². The van der Waals surface area contributed by atoms with Crippen LogP contribution in [0.4, 0.5) is 5.69 Å². The van der Waals surface area contributed by atoms with Gasteiger partial charge in [-0.25, -0.2) is 0 Å². The number of hydrogen-bond donors (Lipinski definition) is 1. The number of nitrogens with one attached hydrogen (secondary N) is 1. The molecule has 0 aromatic heterocycles. The van der Waals surface area contributed by atoms with Crippen LogP contribution in [0.2, 0.25) is 0 Å². The van der Waals surface area contributed by atoms with E-state index in [1.165, 1.54) is 30.5 Å². The molecule has 106 valence electrons. The summed E-state index contributed by atoms with van der Waals surface area (Å²) >= 11 is 3.62. The van der Waals surface area contributed by atoms with E-state index in [9.17, 15) is 0 Å². The summed E-state index contributed by atoms with van der Waals surface area (Å²) in [4.78, 5) is 0. The van der Waals surface area contributed by atoms with Gasteiger partial charge in [0.2, 0.25) is 0 Å². The highest BCUT2D eigenvalue weighted by atomic mass is 79.9. The third kappa shape index (κ3) is 3.51. The lowest BCUT2D eigenvalue weighted by Crippen LogP contribution is -2.37. The summed E-state index contributed by atoms with van der Waals surface area (Å²) in [5, 5.41) is 3.76. The van der Waals surface area contributed by atoms with E-state index in [1.807, 2.05) is 0 Å². The quantitative estimate of drug-likeness (QED) is 0.855. The zero-order chi connectivity index (χ0) is 13.8. The summed E-state index contributed by atoms with van der Waals surface area (Å²) in [6.45, 7) is 5.36. The second kappa shape index (κ2) is 6.76. The lowest BCUT2D eigenvalue weighted by Gasteiger charge is -2.36. The van der Waals surface area contributed by atoms with Crippen LogP contribution in [-0.2, 0) is 11.3 Å². The first kappa shape index (κ1) is 14.9. The van der Waals surface area contributed by atoms with E-state index in [4.69, 9.17) is 4.74 Å². The van der Waals surface area contributed by atoms with E-state index in [-0.39, 0.29) is 0 Å². The van der Waals surface area contributed by atoms with E-state index in [0.29, 0.717) is 12.6 Å². The molecule has 19 heavy (non-hydrogen) atoms. The van der Waals surface area contributed by atoms with Gasteiger partial charge in [-0.15, -0.1) is 0 Å². The highest BCUT2D eigenvalue weighted by Gasteiger charge is 2.28. The molecule has 0 aliphatic heterocycles. The SMILES string of the molecule is COCc1c(Br)cccc1NC1C(C)CCCC1C. The molecule has 1 aromatic rings. The maximum absolute atomic E-state index is 5.32. The molecule has 1 aliphatic carbocycles. The fourth-order valence-corrected chi connectivity index (χ4v) is 3.61. The van der Waals surface area contributed by atoms with Gasteiger partial charge in [-0.1, -0.05) is 42.3 Å². The zero-order valence-corrected chi connectivity index (χ0v) is 13.7. The van der Waals surface area contributed by atoms with Crippen LogP contribution >= 0.6 is 15.9 Å². The van der Waals surface area contributed by atoms with Gasteiger partial charge in [0, 0.05) is 28.9 Å². The van der Waals surface area contributed by atoms with Crippen LogP contribution in [0.25, 0.3) is 0 Å².